The number of hydrogen-bond acceptors (Lipinski definition) is 3. The van der Waals surface area contributed by atoms with Gasteiger partial charge in [0, 0.05) is 12.1 Å². The quantitative estimate of drug-likeness (QED) is 0.456. The van der Waals surface area contributed by atoms with E-state index in [2.05, 4.69) is 15.9 Å². The van der Waals surface area contributed by atoms with Crippen LogP contribution >= 0.6 is 15.9 Å². The van der Waals surface area contributed by atoms with Crippen LogP contribution in [0.25, 0.3) is 0 Å². The summed E-state index contributed by atoms with van der Waals surface area (Å²) in [4.78, 5) is 9.78. The molecule has 0 saturated heterocycles. The lowest BCUT2D eigenvalue weighted by Gasteiger charge is -1.99. The number of ether oxygens (including phenoxy) is 1. The summed E-state index contributed by atoms with van der Waals surface area (Å²) in [6, 6.07) is 5.91. The van der Waals surface area contributed by atoms with Gasteiger partial charge in [-0.3, -0.25) is 10.1 Å². The van der Waals surface area contributed by atoms with Crippen molar-refractivity contribution in [1.82, 2.24) is 0 Å². The van der Waals surface area contributed by atoms with Crippen molar-refractivity contribution in [2.24, 2.45) is 0 Å². The van der Waals surface area contributed by atoms with E-state index in [1.807, 2.05) is 0 Å². The second-order valence-corrected chi connectivity index (χ2v) is 2.46. The standard InChI is InChI=1S/C7H6BrNO3/c8-5-12-7-3-1-6(2-4-7)9(10)11/h1-4H,5H2. The monoisotopic (exact) mass is 231 g/mol. The maximum atomic E-state index is 10.2. The maximum Gasteiger partial charge on any atom is 0.269 e. The van der Waals surface area contributed by atoms with Crippen LogP contribution in [0.4, 0.5) is 5.69 Å². The Hall–Kier alpha value is -1.10. The highest BCUT2D eigenvalue weighted by Gasteiger charge is 2.03. The minimum absolute atomic E-state index is 0.0666. The molecule has 0 aliphatic heterocycles. The minimum atomic E-state index is -0.447. The molecule has 0 aliphatic rings. The molecule has 0 radical (unpaired) electrons. The molecule has 4 nitrogen and oxygen atoms in total. The predicted molar refractivity (Wildman–Crippen MR) is 47.5 cm³/mol. The Labute approximate surface area is 77.4 Å². The summed E-state index contributed by atoms with van der Waals surface area (Å²) in [5, 5.41) is 10.2. The topological polar surface area (TPSA) is 52.4 Å². The molecule has 0 bridgehead atoms. The molecule has 0 amide bonds. The first-order valence-corrected chi connectivity index (χ1v) is 4.29. The van der Waals surface area contributed by atoms with Crippen molar-refractivity contribution in [3.8, 4) is 5.75 Å². The van der Waals surface area contributed by atoms with Crippen LogP contribution in [0.3, 0.4) is 0 Å². The minimum Gasteiger partial charge on any atom is -0.482 e. The van der Waals surface area contributed by atoms with Gasteiger partial charge in [0.2, 0.25) is 0 Å². The highest BCUT2D eigenvalue weighted by Crippen LogP contribution is 2.17. The second kappa shape index (κ2) is 4.06. The van der Waals surface area contributed by atoms with E-state index in [-0.39, 0.29) is 5.69 Å². The van der Waals surface area contributed by atoms with Gasteiger partial charge in [-0.05, 0) is 28.1 Å². The SMILES string of the molecule is O=[N+]([O-])c1ccc(OCBr)cc1. The van der Waals surface area contributed by atoms with E-state index in [1.165, 1.54) is 12.1 Å². The summed E-state index contributed by atoms with van der Waals surface area (Å²) in [6.07, 6.45) is 0. The number of nitro groups is 1. The molecule has 0 unspecified atom stereocenters. The molecule has 64 valence electrons. The first-order valence-electron chi connectivity index (χ1n) is 3.17. The van der Waals surface area contributed by atoms with E-state index in [0.29, 0.717) is 11.3 Å². The van der Waals surface area contributed by atoms with Gasteiger partial charge in [0.15, 0.2) is 0 Å². The van der Waals surface area contributed by atoms with E-state index >= 15 is 0 Å². The molecule has 1 rings (SSSR count). The third-order valence-electron chi connectivity index (χ3n) is 1.27. The summed E-state index contributed by atoms with van der Waals surface area (Å²) in [6.45, 7) is 0. The highest BCUT2D eigenvalue weighted by atomic mass is 79.9. The van der Waals surface area contributed by atoms with Gasteiger partial charge in [-0.1, -0.05) is 0 Å². The Morgan fingerprint density at radius 2 is 2.00 bits per heavy atom. The molecule has 12 heavy (non-hydrogen) atoms. The molecule has 0 fully saturated rings. The molecule has 1 aromatic rings. The number of nitro benzene ring substituents is 1. The zero-order valence-electron chi connectivity index (χ0n) is 6.07. The fourth-order valence-electron chi connectivity index (χ4n) is 0.727. The summed E-state index contributed by atoms with van der Waals surface area (Å²) in [7, 11) is 0. The Kier molecular flexibility index (Phi) is 3.04. The van der Waals surface area contributed by atoms with Gasteiger partial charge in [0.25, 0.3) is 5.69 Å². The van der Waals surface area contributed by atoms with Crippen molar-refractivity contribution in [1.29, 1.82) is 0 Å². The zero-order valence-corrected chi connectivity index (χ0v) is 7.65. The molecular weight excluding hydrogens is 226 g/mol. The highest BCUT2D eigenvalue weighted by molar-refractivity contribution is 9.09. The van der Waals surface area contributed by atoms with Crippen LogP contribution in [0.5, 0.6) is 5.75 Å². The molecule has 1 aromatic carbocycles. The van der Waals surface area contributed by atoms with Gasteiger partial charge in [0.1, 0.15) is 11.3 Å². The number of alkyl halides is 1. The number of hydrogen-bond donors (Lipinski definition) is 0. The van der Waals surface area contributed by atoms with E-state index in [9.17, 15) is 10.1 Å². The van der Waals surface area contributed by atoms with Gasteiger partial charge < -0.3 is 4.74 Å². The first kappa shape index (κ1) is 8.99. The third kappa shape index (κ3) is 2.20. The molecule has 0 heterocycles. The van der Waals surface area contributed by atoms with Crippen LogP contribution in [-0.4, -0.2) is 10.4 Å². The van der Waals surface area contributed by atoms with Gasteiger partial charge in [0.05, 0.1) is 4.92 Å². The lowest BCUT2D eigenvalue weighted by Crippen LogP contribution is -1.90. The molecule has 0 N–H and O–H groups in total. The number of non-ortho nitro benzene ring substituents is 1. The molecular formula is C7H6BrNO3. The van der Waals surface area contributed by atoms with Crippen LogP contribution in [-0.2, 0) is 0 Å². The lowest BCUT2D eigenvalue weighted by molar-refractivity contribution is -0.384. The van der Waals surface area contributed by atoms with Crippen molar-refractivity contribution in [3.63, 3.8) is 0 Å². The van der Waals surface area contributed by atoms with Crippen LogP contribution in [0.1, 0.15) is 0 Å². The number of benzene rings is 1. The second-order valence-electron chi connectivity index (χ2n) is 2.00. The van der Waals surface area contributed by atoms with E-state index in [1.54, 1.807) is 12.1 Å². The van der Waals surface area contributed by atoms with Crippen LogP contribution < -0.4 is 4.74 Å². The smallest absolute Gasteiger partial charge is 0.269 e. The molecule has 0 saturated carbocycles. The average Bonchev–Trinajstić information content (AvgIpc) is 2.06. The molecule has 0 spiro atoms. The third-order valence-corrected chi connectivity index (χ3v) is 1.50. The van der Waals surface area contributed by atoms with E-state index in [0.717, 1.165) is 0 Å². The zero-order chi connectivity index (χ0) is 8.97. The van der Waals surface area contributed by atoms with Crippen LogP contribution in [0.15, 0.2) is 24.3 Å². The molecule has 0 atom stereocenters. The molecule has 0 aromatic heterocycles. The maximum absolute atomic E-state index is 10.2. The van der Waals surface area contributed by atoms with Crippen molar-refractivity contribution in [2.75, 3.05) is 5.52 Å². The normalized spacial score (nSPS) is 9.42. The fourth-order valence-corrected chi connectivity index (χ4v) is 0.991. The van der Waals surface area contributed by atoms with Gasteiger partial charge in [-0.15, -0.1) is 0 Å². The number of halogens is 1. The van der Waals surface area contributed by atoms with Crippen molar-refractivity contribution >= 4 is 21.6 Å². The van der Waals surface area contributed by atoms with Gasteiger partial charge in [-0.25, -0.2) is 0 Å². The lowest BCUT2D eigenvalue weighted by atomic mass is 10.3. The largest absolute Gasteiger partial charge is 0.482 e. The Morgan fingerprint density at radius 1 is 1.42 bits per heavy atom. The number of rotatable bonds is 3. The predicted octanol–water partition coefficient (Wildman–Crippen LogP) is 2.33. The Morgan fingerprint density at radius 3 is 2.42 bits per heavy atom. The Balaban J connectivity index is 2.78. The average molecular weight is 232 g/mol. The van der Waals surface area contributed by atoms with Crippen molar-refractivity contribution < 1.29 is 9.66 Å². The first-order chi connectivity index (χ1) is 5.74. The Bertz CT molecular complexity index is 272. The fraction of sp³-hybridized carbons (Fsp3) is 0.143. The summed E-state index contributed by atoms with van der Waals surface area (Å²) in [5.41, 5.74) is 0.446. The summed E-state index contributed by atoms with van der Waals surface area (Å²) >= 11 is 3.08. The van der Waals surface area contributed by atoms with Gasteiger partial charge >= 0.3 is 0 Å². The van der Waals surface area contributed by atoms with Crippen molar-refractivity contribution in [2.45, 2.75) is 0 Å². The van der Waals surface area contributed by atoms with E-state index in [4.69, 9.17) is 4.74 Å². The molecule has 0 aliphatic carbocycles. The van der Waals surface area contributed by atoms with Crippen LogP contribution in [0.2, 0.25) is 0 Å². The van der Waals surface area contributed by atoms with Crippen LogP contribution in [0, 0.1) is 10.1 Å². The van der Waals surface area contributed by atoms with Crippen molar-refractivity contribution in [3.05, 3.63) is 34.4 Å². The van der Waals surface area contributed by atoms with Gasteiger partial charge in [-0.2, -0.15) is 0 Å². The molecule has 5 heteroatoms. The summed E-state index contributed by atoms with van der Waals surface area (Å²) in [5.74, 6) is 0.609. The van der Waals surface area contributed by atoms with E-state index < -0.39 is 4.92 Å². The summed E-state index contributed by atoms with van der Waals surface area (Å²) < 4.78 is 5.03. The number of nitrogens with zero attached hydrogens (tertiary/aromatic N) is 1.